The lowest BCUT2D eigenvalue weighted by Gasteiger charge is -2.38. The van der Waals surface area contributed by atoms with Crippen LogP contribution in [0, 0.1) is 5.92 Å². The van der Waals surface area contributed by atoms with Crippen LogP contribution in [0.1, 0.15) is 52.4 Å². The van der Waals surface area contributed by atoms with Gasteiger partial charge in [0.05, 0.1) is 0 Å². The molecule has 24 heavy (non-hydrogen) atoms. The molecule has 1 saturated carbocycles. The van der Waals surface area contributed by atoms with Crippen LogP contribution >= 0.6 is 24.0 Å². The van der Waals surface area contributed by atoms with Crippen molar-refractivity contribution in [3.05, 3.63) is 0 Å². The van der Waals surface area contributed by atoms with Gasteiger partial charge in [0.25, 0.3) is 0 Å². The van der Waals surface area contributed by atoms with Crippen LogP contribution in [0.15, 0.2) is 4.99 Å². The molecule has 2 unspecified atom stereocenters. The first-order chi connectivity index (χ1) is 11.2. The molecular weight excluding hydrogens is 415 g/mol. The summed E-state index contributed by atoms with van der Waals surface area (Å²) in [6.45, 7) is 9.56. The summed E-state index contributed by atoms with van der Waals surface area (Å²) in [5.74, 6) is 1.76. The minimum atomic E-state index is 0. The van der Waals surface area contributed by atoms with E-state index in [1.165, 1.54) is 38.6 Å². The number of nitrogens with zero attached hydrogens (tertiary/aromatic N) is 2. The van der Waals surface area contributed by atoms with Crippen molar-refractivity contribution in [3.8, 4) is 0 Å². The van der Waals surface area contributed by atoms with Crippen LogP contribution in [0.3, 0.4) is 0 Å². The molecule has 0 aromatic rings. The summed E-state index contributed by atoms with van der Waals surface area (Å²) in [5, 5.41) is 6.85. The zero-order valence-electron chi connectivity index (χ0n) is 15.7. The molecule has 0 aromatic carbocycles. The summed E-state index contributed by atoms with van der Waals surface area (Å²) in [5.41, 5.74) is 0. The molecule has 1 aliphatic carbocycles. The van der Waals surface area contributed by atoms with E-state index in [1.54, 1.807) is 0 Å². The van der Waals surface area contributed by atoms with Crippen molar-refractivity contribution in [3.63, 3.8) is 0 Å². The Morgan fingerprint density at radius 3 is 2.71 bits per heavy atom. The normalized spacial score (nSPS) is 23.5. The number of aliphatic imine (C=N–C) groups is 1. The summed E-state index contributed by atoms with van der Waals surface area (Å²) in [6, 6.07) is 1.25. The number of likely N-dealkylation sites (tertiary alicyclic amines) is 1. The summed E-state index contributed by atoms with van der Waals surface area (Å²) in [6.07, 6.45) is 7.81. The molecule has 2 aliphatic rings. The topological polar surface area (TPSA) is 48.9 Å². The summed E-state index contributed by atoms with van der Waals surface area (Å²) >= 11 is 0. The number of rotatable bonds is 9. The van der Waals surface area contributed by atoms with Gasteiger partial charge in [0.15, 0.2) is 5.96 Å². The molecule has 0 aromatic heterocycles. The van der Waals surface area contributed by atoms with Crippen molar-refractivity contribution in [1.82, 2.24) is 15.5 Å². The van der Waals surface area contributed by atoms with Crippen LogP contribution in [-0.2, 0) is 4.74 Å². The number of ether oxygens (including phenoxy) is 1. The standard InChI is InChI=1S/C18H36N4O.HI/c1-15-7-4-5-11-22(15)16(2)13-21-18(19-3)20-10-6-12-23-14-17-8-9-17;/h15-17H,4-14H2,1-3H3,(H2,19,20,21);1H. The lowest BCUT2D eigenvalue weighted by atomic mass is 10.0. The molecule has 0 amide bonds. The minimum absolute atomic E-state index is 0. The minimum Gasteiger partial charge on any atom is -0.381 e. The van der Waals surface area contributed by atoms with Crippen molar-refractivity contribution in [1.29, 1.82) is 0 Å². The third-order valence-electron chi connectivity index (χ3n) is 5.02. The molecule has 1 aliphatic heterocycles. The first kappa shape index (κ1) is 22.0. The van der Waals surface area contributed by atoms with E-state index in [2.05, 4.69) is 34.4 Å². The first-order valence-corrected chi connectivity index (χ1v) is 9.48. The van der Waals surface area contributed by atoms with Crippen molar-refractivity contribution in [2.75, 3.05) is 39.9 Å². The average molecular weight is 452 g/mol. The number of nitrogens with one attached hydrogen (secondary N) is 2. The second-order valence-electron chi connectivity index (χ2n) is 7.18. The smallest absolute Gasteiger partial charge is 0.191 e. The lowest BCUT2D eigenvalue weighted by Crippen LogP contribution is -2.50. The van der Waals surface area contributed by atoms with Gasteiger partial charge in [-0.25, -0.2) is 0 Å². The Morgan fingerprint density at radius 1 is 1.25 bits per heavy atom. The summed E-state index contributed by atoms with van der Waals surface area (Å²) < 4.78 is 5.66. The third kappa shape index (κ3) is 8.34. The molecule has 0 spiro atoms. The zero-order valence-corrected chi connectivity index (χ0v) is 18.1. The lowest BCUT2D eigenvalue weighted by molar-refractivity contribution is 0.115. The van der Waals surface area contributed by atoms with Gasteiger partial charge in [0.1, 0.15) is 0 Å². The van der Waals surface area contributed by atoms with Gasteiger partial charge in [-0.2, -0.15) is 0 Å². The van der Waals surface area contributed by atoms with Crippen LogP contribution < -0.4 is 10.6 Å². The average Bonchev–Trinajstić information content (AvgIpc) is 3.38. The Morgan fingerprint density at radius 2 is 2.04 bits per heavy atom. The SMILES string of the molecule is CN=C(NCCCOCC1CC1)NCC(C)N1CCCCC1C.I. The van der Waals surface area contributed by atoms with Gasteiger partial charge in [-0.15, -0.1) is 24.0 Å². The Hall–Kier alpha value is -0.0800. The van der Waals surface area contributed by atoms with Gasteiger partial charge >= 0.3 is 0 Å². The third-order valence-corrected chi connectivity index (χ3v) is 5.02. The van der Waals surface area contributed by atoms with Crippen LogP contribution in [0.4, 0.5) is 0 Å². The van der Waals surface area contributed by atoms with Gasteiger partial charge in [0.2, 0.25) is 0 Å². The Kier molecular flexibility index (Phi) is 11.3. The second-order valence-corrected chi connectivity index (χ2v) is 7.18. The highest BCUT2D eigenvalue weighted by Crippen LogP contribution is 2.28. The molecule has 0 bridgehead atoms. The van der Waals surface area contributed by atoms with Crippen molar-refractivity contribution in [2.24, 2.45) is 10.9 Å². The van der Waals surface area contributed by atoms with Crippen LogP contribution in [-0.4, -0.2) is 62.8 Å². The molecule has 2 atom stereocenters. The van der Waals surface area contributed by atoms with Crippen LogP contribution in [0.5, 0.6) is 0 Å². The fourth-order valence-electron chi connectivity index (χ4n) is 3.27. The molecule has 5 nitrogen and oxygen atoms in total. The second kappa shape index (κ2) is 12.3. The van der Waals surface area contributed by atoms with E-state index in [-0.39, 0.29) is 24.0 Å². The van der Waals surface area contributed by atoms with E-state index in [0.29, 0.717) is 12.1 Å². The highest BCUT2D eigenvalue weighted by Gasteiger charge is 2.23. The molecule has 6 heteroatoms. The molecule has 2 rings (SSSR count). The van der Waals surface area contributed by atoms with Gasteiger partial charge in [-0.1, -0.05) is 6.42 Å². The molecule has 2 fully saturated rings. The Bertz CT molecular complexity index is 363. The van der Waals surface area contributed by atoms with Crippen molar-refractivity contribution in [2.45, 2.75) is 64.5 Å². The summed E-state index contributed by atoms with van der Waals surface area (Å²) in [7, 11) is 1.84. The molecule has 0 radical (unpaired) electrons. The van der Waals surface area contributed by atoms with Gasteiger partial charge in [-0.3, -0.25) is 9.89 Å². The highest BCUT2D eigenvalue weighted by molar-refractivity contribution is 14.0. The molecule has 142 valence electrons. The Balaban J connectivity index is 0.00000288. The monoisotopic (exact) mass is 452 g/mol. The molecule has 1 heterocycles. The van der Waals surface area contributed by atoms with E-state index in [1.807, 2.05) is 7.05 Å². The number of hydrogen-bond acceptors (Lipinski definition) is 3. The maximum absolute atomic E-state index is 5.66. The molecule has 1 saturated heterocycles. The zero-order chi connectivity index (χ0) is 16.5. The van der Waals surface area contributed by atoms with Gasteiger partial charge in [0, 0.05) is 45.4 Å². The highest BCUT2D eigenvalue weighted by atomic mass is 127. The van der Waals surface area contributed by atoms with E-state index < -0.39 is 0 Å². The van der Waals surface area contributed by atoms with Crippen LogP contribution in [0.2, 0.25) is 0 Å². The van der Waals surface area contributed by atoms with Gasteiger partial charge in [-0.05, 0) is 58.4 Å². The summed E-state index contributed by atoms with van der Waals surface area (Å²) in [4.78, 5) is 6.94. The molecular formula is C18H37IN4O. The first-order valence-electron chi connectivity index (χ1n) is 9.48. The largest absolute Gasteiger partial charge is 0.381 e. The van der Waals surface area contributed by atoms with E-state index in [0.717, 1.165) is 44.6 Å². The predicted octanol–water partition coefficient (Wildman–Crippen LogP) is 2.85. The molecule has 2 N–H and O–H groups in total. The number of halogens is 1. The maximum Gasteiger partial charge on any atom is 0.191 e. The van der Waals surface area contributed by atoms with E-state index in [4.69, 9.17) is 4.74 Å². The van der Waals surface area contributed by atoms with Crippen molar-refractivity contribution < 1.29 is 4.74 Å². The number of guanidine groups is 1. The quantitative estimate of drug-likeness (QED) is 0.245. The van der Waals surface area contributed by atoms with Crippen molar-refractivity contribution >= 4 is 29.9 Å². The fraction of sp³-hybridized carbons (Fsp3) is 0.944. The van der Waals surface area contributed by atoms with Crippen LogP contribution in [0.25, 0.3) is 0 Å². The van der Waals surface area contributed by atoms with E-state index in [9.17, 15) is 0 Å². The Labute approximate surface area is 165 Å². The van der Waals surface area contributed by atoms with Gasteiger partial charge < -0.3 is 15.4 Å². The fourth-order valence-corrected chi connectivity index (χ4v) is 3.27. The predicted molar refractivity (Wildman–Crippen MR) is 112 cm³/mol. The number of hydrogen-bond donors (Lipinski definition) is 2. The van der Waals surface area contributed by atoms with E-state index >= 15 is 0 Å². The number of piperidine rings is 1. The maximum atomic E-state index is 5.66.